The van der Waals surface area contributed by atoms with Crippen LogP contribution in [0.5, 0.6) is 0 Å². The van der Waals surface area contributed by atoms with Crippen molar-refractivity contribution in [2.24, 2.45) is 11.8 Å². The van der Waals surface area contributed by atoms with Crippen molar-refractivity contribution in [1.82, 2.24) is 20.9 Å². The molecule has 0 spiro atoms. The first-order valence-corrected chi connectivity index (χ1v) is 15.7. The number of allylic oxidation sites excluding steroid dienone is 2. The topological polar surface area (TPSA) is 167 Å². The minimum absolute atomic E-state index is 0.0248. The number of carboxylic acid groups (broad SMARTS) is 1. The van der Waals surface area contributed by atoms with Crippen LogP contribution >= 0.6 is 12.6 Å². The van der Waals surface area contributed by atoms with Crippen LogP contribution in [0.1, 0.15) is 82.3 Å². The van der Waals surface area contributed by atoms with Gasteiger partial charge in [0.25, 0.3) is 0 Å². The number of carboxylic acids is 1. The maximum atomic E-state index is 12.6. The highest BCUT2D eigenvalue weighted by atomic mass is 32.1. The molecule has 240 valence electrons. The maximum absolute atomic E-state index is 12.6. The van der Waals surface area contributed by atoms with E-state index >= 15 is 0 Å². The van der Waals surface area contributed by atoms with Gasteiger partial charge in [0.05, 0.1) is 10.7 Å². The first-order chi connectivity index (χ1) is 20.7. The van der Waals surface area contributed by atoms with E-state index in [-0.39, 0.29) is 48.6 Å². The lowest BCUT2D eigenvalue weighted by Crippen LogP contribution is -2.36. The Bertz CT molecular complexity index is 1450. The van der Waals surface area contributed by atoms with Gasteiger partial charge in [-0.2, -0.15) is 12.6 Å². The number of aliphatic hydroxyl groups excluding tert-OH is 2. The van der Waals surface area contributed by atoms with Crippen LogP contribution < -0.4 is 16.0 Å². The Morgan fingerprint density at radius 3 is 2.43 bits per heavy atom. The number of aromatic nitrogens is 1. The minimum atomic E-state index is -1.47. The summed E-state index contributed by atoms with van der Waals surface area (Å²) >= 11 is 4.90. The predicted octanol–water partition coefficient (Wildman–Crippen LogP) is 4.20. The van der Waals surface area contributed by atoms with Crippen LogP contribution in [-0.2, 0) is 16.0 Å². The Labute approximate surface area is 264 Å². The van der Waals surface area contributed by atoms with Gasteiger partial charge < -0.3 is 41.4 Å². The Morgan fingerprint density at radius 2 is 1.84 bits per heavy atom. The molecular weight excluding hydrogens is 580 g/mol. The number of nitrogens with one attached hydrogen (secondary N) is 4. The molecular formula is C33H46N4O6S. The third-order valence-electron chi connectivity index (χ3n) is 9.70. The van der Waals surface area contributed by atoms with Crippen molar-refractivity contribution >= 4 is 36.7 Å². The van der Waals surface area contributed by atoms with Crippen LogP contribution in [-0.4, -0.2) is 60.4 Å². The standard InChI is InChI=1S/C33H46N4O6S/c1-7-20-16(3)24(36-32(20)43)13-23-17(4)21(9-11-29(38)39)26(34-23)14-27-22(10-12-30(40)41)18(5)25(35-27)15-28-33(44,8-2)19(6)31(42)37-28/h7,14-16,19,23-24,30,34-36,40-41,43-44H,1,8-13H2,2-6H3,(H,37,42)(H,38,39)/b26-14-,28-15-/t16?,19-,23?,24+,33-/m0/s1. The molecule has 1 aromatic heterocycles. The molecule has 10 nitrogen and oxygen atoms in total. The van der Waals surface area contributed by atoms with E-state index in [2.05, 4.69) is 27.5 Å². The SMILES string of the molecule is C=CC1=C(O)N[C@H](CC2N/C(=C\c3[nH]c(/C=C4\NC(=O)[C@H](C)[C@@]4(S)CC)c(C)c3CCC(O)O)C(CCC(=O)O)=C2C)C1C. The maximum Gasteiger partial charge on any atom is 0.303 e. The van der Waals surface area contributed by atoms with Gasteiger partial charge in [-0.05, 0) is 74.0 Å². The third kappa shape index (κ3) is 6.50. The molecule has 0 radical (unpaired) electrons. The van der Waals surface area contributed by atoms with Crippen molar-refractivity contribution in [3.05, 3.63) is 69.2 Å². The van der Waals surface area contributed by atoms with Gasteiger partial charge in [0.1, 0.15) is 0 Å². The first kappa shape index (κ1) is 33.5. The Morgan fingerprint density at radius 1 is 1.14 bits per heavy atom. The Hall–Kier alpha value is -3.41. The van der Waals surface area contributed by atoms with E-state index < -0.39 is 17.0 Å². The normalized spacial score (nSPS) is 28.8. The molecule has 1 fully saturated rings. The number of thiol groups is 1. The van der Waals surface area contributed by atoms with E-state index in [0.29, 0.717) is 31.4 Å². The molecule has 0 saturated carbocycles. The average molecular weight is 627 g/mol. The quantitative estimate of drug-likeness (QED) is 0.123. The van der Waals surface area contributed by atoms with Crippen molar-refractivity contribution in [2.45, 2.75) is 96.3 Å². The molecule has 11 heteroatoms. The summed E-state index contributed by atoms with van der Waals surface area (Å²) in [6.45, 7) is 13.7. The van der Waals surface area contributed by atoms with Crippen LogP contribution in [0.15, 0.2) is 46.7 Å². The first-order valence-electron chi connectivity index (χ1n) is 15.3. The van der Waals surface area contributed by atoms with E-state index in [1.165, 1.54) is 0 Å². The zero-order chi connectivity index (χ0) is 32.5. The molecule has 1 amide bonds. The zero-order valence-corrected chi connectivity index (χ0v) is 27.0. The van der Waals surface area contributed by atoms with Crippen molar-refractivity contribution < 1.29 is 30.0 Å². The highest BCUT2D eigenvalue weighted by Crippen LogP contribution is 2.41. The van der Waals surface area contributed by atoms with Gasteiger partial charge in [0.2, 0.25) is 5.91 Å². The molecule has 2 unspecified atom stereocenters. The second-order valence-corrected chi connectivity index (χ2v) is 13.0. The monoisotopic (exact) mass is 626 g/mol. The molecule has 4 rings (SSSR count). The molecule has 0 bridgehead atoms. The van der Waals surface area contributed by atoms with Gasteiger partial charge in [0, 0.05) is 59.2 Å². The number of carbonyl (C=O) groups is 2. The highest BCUT2D eigenvalue weighted by molar-refractivity contribution is 7.82. The van der Waals surface area contributed by atoms with Crippen LogP contribution in [0, 0.1) is 18.8 Å². The summed E-state index contributed by atoms with van der Waals surface area (Å²) in [4.78, 5) is 27.6. The largest absolute Gasteiger partial charge is 0.495 e. The molecule has 3 aliphatic rings. The Kier molecular flexibility index (Phi) is 10.1. The predicted molar refractivity (Wildman–Crippen MR) is 174 cm³/mol. The molecule has 4 heterocycles. The number of rotatable bonds is 12. The van der Waals surface area contributed by atoms with E-state index in [1.807, 2.05) is 46.8 Å². The van der Waals surface area contributed by atoms with E-state index in [9.17, 15) is 30.0 Å². The van der Waals surface area contributed by atoms with Gasteiger partial charge >= 0.3 is 5.97 Å². The lowest BCUT2D eigenvalue weighted by molar-refractivity contribution is -0.137. The molecule has 0 aromatic carbocycles. The number of aromatic amines is 1. The summed E-state index contributed by atoms with van der Waals surface area (Å²) in [5.74, 6) is -1.08. The fourth-order valence-electron chi connectivity index (χ4n) is 6.64. The summed E-state index contributed by atoms with van der Waals surface area (Å²) < 4.78 is -0.640. The third-order valence-corrected chi connectivity index (χ3v) is 10.6. The molecule has 8 N–H and O–H groups in total. The van der Waals surface area contributed by atoms with Gasteiger partial charge in [-0.15, -0.1) is 0 Å². The van der Waals surface area contributed by atoms with E-state index in [1.54, 1.807) is 6.08 Å². The number of hydrogen-bond donors (Lipinski definition) is 9. The smallest absolute Gasteiger partial charge is 0.303 e. The van der Waals surface area contributed by atoms with Crippen molar-refractivity contribution in [1.29, 1.82) is 0 Å². The van der Waals surface area contributed by atoms with Crippen molar-refractivity contribution in [2.75, 3.05) is 0 Å². The highest BCUT2D eigenvalue weighted by Gasteiger charge is 2.45. The summed E-state index contributed by atoms with van der Waals surface area (Å²) in [6.07, 6.45) is 6.23. The lowest BCUT2D eigenvalue weighted by atomic mass is 9.90. The number of hydrogen-bond acceptors (Lipinski definition) is 8. The van der Waals surface area contributed by atoms with Gasteiger partial charge in [-0.1, -0.05) is 33.4 Å². The second-order valence-electron chi connectivity index (χ2n) is 12.2. The number of carbonyl (C=O) groups excluding carboxylic acids is 1. The van der Waals surface area contributed by atoms with Crippen LogP contribution in [0.25, 0.3) is 12.2 Å². The fraction of sp³-hybridized carbons (Fsp3) is 0.515. The van der Waals surface area contributed by atoms with Crippen LogP contribution in [0.2, 0.25) is 0 Å². The second kappa shape index (κ2) is 13.3. The minimum Gasteiger partial charge on any atom is -0.495 e. The van der Waals surface area contributed by atoms with E-state index in [0.717, 1.165) is 44.9 Å². The number of H-pyrrole nitrogens is 1. The fourth-order valence-corrected chi connectivity index (χ4v) is 6.88. The van der Waals surface area contributed by atoms with Crippen LogP contribution in [0.3, 0.4) is 0 Å². The summed E-state index contributed by atoms with van der Waals surface area (Å²) in [5, 5.41) is 49.0. The van der Waals surface area contributed by atoms with Gasteiger partial charge in [-0.25, -0.2) is 0 Å². The van der Waals surface area contributed by atoms with Gasteiger partial charge in [-0.3, -0.25) is 9.59 Å². The molecule has 44 heavy (non-hydrogen) atoms. The summed E-state index contributed by atoms with van der Waals surface area (Å²) in [7, 11) is 0. The summed E-state index contributed by atoms with van der Waals surface area (Å²) in [5.41, 5.74) is 7.59. The van der Waals surface area contributed by atoms with Crippen molar-refractivity contribution in [3.63, 3.8) is 0 Å². The molecule has 1 saturated heterocycles. The average Bonchev–Trinajstić information content (AvgIpc) is 3.59. The number of amides is 1. The van der Waals surface area contributed by atoms with Gasteiger partial charge in [0.15, 0.2) is 12.2 Å². The molecule has 3 aliphatic heterocycles. The lowest BCUT2D eigenvalue weighted by Gasteiger charge is -2.25. The zero-order valence-electron chi connectivity index (χ0n) is 26.1. The number of aliphatic carboxylic acids is 1. The molecule has 0 aliphatic carbocycles. The van der Waals surface area contributed by atoms with Crippen molar-refractivity contribution in [3.8, 4) is 0 Å². The molecule has 1 aromatic rings. The van der Waals surface area contributed by atoms with E-state index in [4.69, 9.17) is 12.6 Å². The van der Waals surface area contributed by atoms with Crippen LogP contribution in [0.4, 0.5) is 0 Å². The number of aliphatic hydroxyl groups is 3. The Balaban J connectivity index is 1.73. The molecule has 5 atom stereocenters. The summed E-state index contributed by atoms with van der Waals surface area (Å²) in [6, 6.07) is -0.126.